The van der Waals surface area contributed by atoms with Crippen LogP contribution in [0.25, 0.3) is 10.4 Å². The van der Waals surface area contributed by atoms with E-state index in [0.717, 1.165) is 6.42 Å². The average Bonchev–Trinajstić information content (AvgIpc) is 2.40. The summed E-state index contributed by atoms with van der Waals surface area (Å²) in [5.74, 6) is 2.12. The van der Waals surface area contributed by atoms with Crippen LogP contribution in [-0.2, 0) is 0 Å². The van der Waals surface area contributed by atoms with E-state index in [-0.39, 0.29) is 6.04 Å². The molecule has 4 heteroatoms. The summed E-state index contributed by atoms with van der Waals surface area (Å²) in [5, 5.41) is 3.82. The molecule has 0 unspecified atom stereocenters. The van der Waals surface area contributed by atoms with Gasteiger partial charge in [-0.15, -0.1) is 0 Å². The van der Waals surface area contributed by atoms with E-state index >= 15 is 0 Å². The van der Waals surface area contributed by atoms with Crippen molar-refractivity contribution < 1.29 is 0 Å². The lowest BCUT2D eigenvalue weighted by Gasteiger charge is -2.29. The monoisotopic (exact) mass is 304 g/mol. The molecule has 0 aromatic rings. The Labute approximate surface area is 135 Å². The molecule has 0 aromatic heterocycles. The largest absolute Gasteiger partial charge is 0.327 e. The standard InChI is InChI=1S/C9H15N3.C9H17N/c1-6-4-7(2)9(11-12-10)8(3)5-6;1-6-4-7(2)9(10)8(3)5-6/h4,7-9H,5H2,1-3H3;4,7-9H,5,10H2,1-3H3/t2*7-,8+,9-/m00/s1. The molecule has 0 radical (unpaired) electrons. The lowest BCUT2D eigenvalue weighted by Crippen LogP contribution is -2.36. The maximum atomic E-state index is 8.36. The van der Waals surface area contributed by atoms with Crippen LogP contribution in [0.2, 0.25) is 0 Å². The van der Waals surface area contributed by atoms with Crippen molar-refractivity contribution in [3.63, 3.8) is 0 Å². The third-order valence-electron chi connectivity index (χ3n) is 4.95. The second kappa shape index (κ2) is 8.40. The molecule has 0 bridgehead atoms. The molecule has 4 nitrogen and oxygen atoms in total. The van der Waals surface area contributed by atoms with Gasteiger partial charge in [0.15, 0.2) is 0 Å². The molecule has 2 aliphatic carbocycles. The van der Waals surface area contributed by atoms with Gasteiger partial charge in [-0.25, -0.2) is 0 Å². The second-order valence-corrected chi connectivity index (χ2v) is 7.38. The van der Waals surface area contributed by atoms with Gasteiger partial charge in [0.25, 0.3) is 0 Å². The lowest BCUT2D eigenvalue weighted by atomic mass is 9.81. The van der Waals surface area contributed by atoms with Crippen LogP contribution in [0, 0.1) is 23.7 Å². The van der Waals surface area contributed by atoms with Gasteiger partial charge < -0.3 is 5.73 Å². The van der Waals surface area contributed by atoms with E-state index in [1.165, 1.54) is 17.6 Å². The first-order chi connectivity index (χ1) is 10.3. The SMILES string of the molecule is CC1=C[C@H](C)[C@H](N)[C@H](C)C1.CC1=C[C@H](C)[C@H](N=[N+]=[N-])[C@H](C)C1. The summed E-state index contributed by atoms with van der Waals surface area (Å²) in [5.41, 5.74) is 17.2. The van der Waals surface area contributed by atoms with E-state index in [4.69, 9.17) is 11.3 Å². The van der Waals surface area contributed by atoms with Crippen LogP contribution in [-0.4, -0.2) is 12.1 Å². The molecule has 0 saturated carbocycles. The molecule has 0 heterocycles. The Morgan fingerprint density at radius 2 is 1.50 bits per heavy atom. The third-order valence-corrected chi connectivity index (χ3v) is 4.95. The Morgan fingerprint density at radius 1 is 1.00 bits per heavy atom. The number of nitrogens with two attached hydrogens (primary N) is 1. The molecule has 0 aliphatic heterocycles. The van der Waals surface area contributed by atoms with Gasteiger partial charge in [-0.3, -0.25) is 0 Å². The van der Waals surface area contributed by atoms with E-state index < -0.39 is 0 Å². The molecule has 22 heavy (non-hydrogen) atoms. The van der Waals surface area contributed by atoms with Crippen molar-refractivity contribution in [2.45, 2.75) is 66.5 Å². The maximum Gasteiger partial charge on any atom is 0.0462 e. The van der Waals surface area contributed by atoms with Gasteiger partial charge >= 0.3 is 0 Å². The zero-order valence-corrected chi connectivity index (χ0v) is 15.0. The van der Waals surface area contributed by atoms with E-state index in [1.807, 2.05) is 0 Å². The Hall–Kier alpha value is -1.25. The van der Waals surface area contributed by atoms with Gasteiger partial charge in [0.05, 0.1) is 0 Å². The van der Waals surface area contributed by atoms with Crippen LogP contribution in [0.15, 0.2) is 28.4 Å². The van der Waals surface area contributed by atoms with Crippen molar-refractivity contribution in [3.05, 3.63) is 33.7 Å². The maximum absolute atomic E-state index is 8.36. The molecule has 0 fully saturated rings. The topological polar surface area (TPSA) is 74.8 Å². The predicted octanol–water partition coefficient (Wildman–Crippen LogP) is 5.22. The summed E-state index contributed by atoms with van der Waals surface area (Å²) >= 11 is 0. The number of hydrogen-bond donors (Lipinski definition) is 1. The van der Waals surface area contributed by atoms with E-state index in [9.17, 15) is 0 Å². The van der Waals surface area contributed by atoms with Crippen molar-refractivity contribution in [1.82, 2.24) is 0 Å². The highest BCUT2D eigenvalue weighted by atomic mass is 15.2. The summed E-state index contributed by atoms with van der Waals surface area (Å²) in [6, 6.07) is 0.530. The number of hydrogen-bond acceptors (Lipinski definition) is 2. The van der Waals surface area contributed by atoms with Crippen molar-refractivity contribution >= 4 is 0 Å². The van der Waals surface area contributed by atoms with E-state index in [2.05, 4.69) is 63.7 Å². The van der Waals surface area contributed by atoms with Crippen LogP contribution in [0.5, 0.6) is 0 Å². The highest BCUT2D eigenvalue weighted by Crippen LogP contribution is 2.30. The first kappa shape index (κ1) is 18.8. The highest BCUT2D eigenvalue weighted by molar-refractivity contribution is 5.10. The molecule has 0 aromatic carbocycles. The van der Waals surface area contributed by atoms with Gasteiger partial charge in [0.1, 0.15) is 0 Å². The Kier molecular flexibility index (Phi) is 7.18. The van der Waals surface area contributed by atoms with Crippen molar-refractivity contribution in [3.8, 4) is 0 Å². The zero-order valence-electron chi connectivity index (χ0n) is 15.0. The number of nitrogens with zero attached hydrogens (tertiary/aromatic N) is 3. The minimum absolute atomic E-state index is 0.152. The minimum Gasteiger partial charge on any atom is -0.327 e. The van der Waals surface area contributed by atoms with Crippen molar-refractivity contribution in [2.24, 2.45) is 34.5 Å². The molecule has 6 atom stereocenters. The number of rotatable bonds is 1. The Morgan fingerprint density at radius 3 is 1.95 bits per heavy atom. The molecule has 2 rings (SSSR count). The van der Waals surface area contributed by atoms with Crippen LogP contribution in [0.4, 0.5) is 0 Å². The molecular formula is C18H32N4. The summed E-state index contributed by atoms with van der Waals surface area (Å²) in [7, 11) is 0. The fourth-order valence-corrected chi connectivity index (χ4v) is 3.83. The molecule has 124 valence electrons. The number of allylic oxidation sites excluding steroid dienone is 2. The van der Waals surface area contributed by atoms with Crippen molar-refractivity contribution in [1.29, 1.82) is 0 Å². The highest BCUT2D eigenvalue weighted by Gasteiger charge is 2.25. The van der Waals surface area contributed by atoms with Gasteiger partial charge in [0, 0.05) is 17.0 Å². The third kappa shape index (κ3) is 5.19. The summed E-state index contributed by atoms with van der Waals surface area (Å²) in [6.45, 7) is 13.0. The fourth-order valence-electron chi connectivity index (χ4n) is 3.83. The molecule has 0 saturated heterocycles. The number of azide groups is 1. The minimum atomic E-state index is 0.152. The van der Waals surface area contributed by atoms with Crippen molar-refractivity contribution in [2.75, 3.05) is 0 Å². The summed E-state index contributed by atoms with van der Waals surface area (Å²) in [6.07, 6.45) is 6.75. The molecule has 0 amide bonds. The van der Waals surface area contributed by atoms with Gasteiger partial charge in [-0.1, -0.05) is 56.1 Å². The zero-order chi connectivity index (χ0) is 16.9. The van der Waals surface area contributed by atoms with Crippen LogP contribution in [0.1, 0.15) is 54.4 Å². The van der Waals surface area contributed by atoms with Crippen LogP contribution < -0.4 is 5.73 Å². The molecule has 2 aliphatic rings. The summed E-state index contributed by atoms with van der Waals surface area (Å²) < 4.78 is 0. The lowest BCUT2D eigenvalue weighted by molar-refractivity contribution is 0.362. The average molecular weight is 304 g/mol. The van der Waals surface area contributed by atoms with Gasteiger partial charge in [-0.2, -0.15) is 0 Å². The molecule has 2 N–H and O–H groups in total. The fraction of sp³-hybridized carbons (Fsp3) is 0.778. The summed E-state index contributed by atoms with van der Waals surface area (Å²) in [4.78, 5) is 2.88. The van der Waals surface area contributed by atoms with Crippen LogP contribution in [0.3, 0.4) is 0 Å². The normalized spacial score (nSPS) is 38.0. The quantitative estimate of drug-likeness (QED) is 0.306. The van der Waals surface area contributed by atoms with E-state index in [1.54, 1.807) is 0 Å². The van der Waals surface area contributed by atoms with Crippen LogP contribution >= 0.6 is 0 Å². The van der Waals surface area contributed by atoms with E-state index in [0.29, 0.717) is 29.7 Å². The molecular weight excluding hydrogens is 272 g/mol. The first-order valence-corrected chi connectivity index (χ1v) is 8.40. The van der Waals surface area contributed by atoms with Gasteiger partial charge in [-0.05, 0) is 55.9 Å². The predicted molar refractivity (Wildman–Crippen MR) is 94.3 cm³/mol. The smallest absolute Gasteiger partial charge is 0.0462 e. The molecule has 0 spiro atoms. The van der Waals surface area contributed by atoms with Gasteiger partial charge in [0.2, 0.25) is 0 Å². The first-order valence-electron chi connectivity index (χ1n) is 8.40. The Bertz CT molecular complexity index is 473. The second-order valence-electron chi connectivity index (χ2n) is 7.38. The Balaban J connectivity index is 0.000000224.